The molecule has 83 heavy (non-hydrogen) atoms. The molecule has 0 aliphatic heterocycles. The second-order valence-electron chi connectivity index (χ2n) is 11.4. The molecule has 0 heterocycles. The minimum atomic E-state index is -3.17. The fourth-order valence-electron chi connectivity index (χ4n) is 3.66. The Kier molecular flexibility index (Phi) is 158. The van der Waals surface area contributed by atoms with Crippen LogP contribution in [0.15, 0.2) is 0 Å². The van der Waals surface area contributed by atoms with Gasteiger partial charge >= 0.3 is 80.7 Å². The van der Waals surface area contributed by atoms with E-state index < -0.39 is 80.7 Å². The molecule has 0 aromatic carbocycles. The number of rotatable bonds is 28. The number of hydrogen-bond donors (Lipinski definition) is 5. The summed E-state index contributed by atoms with van der Waals surface area (Å²) in [6, 6.07) is 3.50. The van der Waals surface area contributed by atoms with Gasteiger partial charge in [-0.25, -0.2) is 0 Å². The van der Waals surface area contributed by atoms with Crippen molar-refractivity contribution in [2.75, 3.05) is 154 Å². The van der Waals surface area contributed by atoms with Gasteiger partial charge in [0.15, 0.2) is 0 Å². The molecule has 0 rings (SSSR count). The van der Waals surface area contributed by atoms with Crippen LogP contribution in [-0.2, 0) is 106 Å². The predicted molar refractivity (Wildman–Crippen MR) is 354 cm³/mol. The van der Waals surface area contributed by atoms with Gasteiger partial charge in [-0.2, -0.15) is 25.3 Å². The molecular formula is C45H132O27S2Si9. The molecule has 0 saturated carbocycles. The SMILES string of the molecule is CC.CC.CC.CC.CC.CC.CC.CC[Si](OC)(OC)OC.CC[Si](OC)(OC)OC.CO[Si](C)(CCCS)OC.CO[Si](CCCS)(OC)OC.CO[Si](O)(OC)OC.CO[Si](O)(OC)OC.CO[Si](O)(OC)OC.O=[Si]=O.O=[Si]=O. The van der Waals surface area contributed by atoms with Gasteiger partial charge in [-0.1, -0.05) is 111 Å². The van der Waals surface area contributed by atoms with Crippen LogP contribution >= 0.6 is 25.3 Å². The Morgan fingerprint density at radius 3 is 0.506 bits per heavy atom. The van der Waals surface area contributed by atoms with Crippen molar-refractivity contribution in [3.8, 4) is 0 Å². The van der Waals surface area contributed by atoms with Crippen LogP contribution in [0.5, 0.6) is 0 Å². The summed E-state index contributed by atoms with van der Waals surface area (Å²) in [5.74, 6) is 1.75. The summed E-state index contributed by atoms with van der Waals surface area (Å²) in [5, 5.41) is 0. The van der Waals surface area contributed by atoms with Crippen LogP contribution in [-0.4, -0.2) is 249 Å². The minimum absolute atomic E-state index is 0.816. The van der Waals surface area contributed by atoms with Crippen molar-refractivity contribution < 1.29 is 121 Å². The summed E-state index contributed by atoms with van der Waals surface area (Å²) in [4.78, 5) is 26.7. The average Bonchev–Trinajstić information content (AvgIpc) is 3.58. The summed E-state index contributed by atoms with van der Waals surface area (Å²) in [7, 11) is 9.19. The highest BCUT2D eigenvalue weighted by Gasteiger charge is 2.39. The molecule has 0 atom stereocenters. The molecule has 0 fully saturated rings. The largest absolute Gasteiger partial charge is 0.676 e. The van der Waals surface area contributed by atoms with E-state index in [2.05, 4.69) is 71.6 Å². The summed E-state index contributed by atoms with van der Waals surface area (Å²) in [6.07, 6.45) is 2.04. The molecule has 0 aliphatic carbocycles. The molecule has 0 radical (unpaired) electrons. The molecule has 0 aliphatic rings. The van der Waals surface area contributed by atoms with Gasteiger partial charge in [0, 0.05) is 160 Å². The summed E-state index contributed by atoms with van der Waals surface area (Å²) >= 11 is 8.23. The number of hydrogen-bond acceptors (Lipinski definition) is 29. The van der Waals surface area contributed by atoms with Gasteiger partial charge in [-0.05, 0) is 36.9 Å². The standard InChI is InChI=1S/C6H16O3SSi.C6H16O2SSi.2C5H14O3Si.3C3H10O4Si.7C2H6.2O2Si/c1-7-11(8-2,9-3)6-4-5-10;1-7-10(3,8-2)6-4-5-9;2*1-5-9(6-2,7-3)8-4;3*1-5-8(4,6-2)7-3;7*1-2;2*1-3-2/h10H,4-6H2,1-3H3;9H,4-6H2,1-3H3;2*5H2,1-4H3;3*4H,1-3H3;7*1-2H3;;. The van der Waals surface area contributed by atoms with Gasteiger partial charge in [0.05, 0.1) is 0 Å². The molecule has 0 saturated heterocycles. The minimum Gasteiger partial charge on any atom is -0.398 e. The second-order valence-corrected chi connectivity index (χ2v) is 32.7. The van der Waals surface area contributed by atoms with E-state index in [1.54, 1.807) is 78.2 Å². The van der Waals surface area contributed by atoms with Crippen LogP contribution in [0, 0.1) is 0 Å². The summed E-state index contributed by atoms with van der Waals surface area (Å²) in [6.45, 7) is 34.0. The molecule has 0 spiro atoms. The first-order valence-corrected chi connectivity index (χ1v) is 42.9. The predicted octanol–water partition coefficient (Wildman–Crippen LogP) is 8.63. The van der Waals surface area contributed by atoms with Crippen molar-refractivity contribution >= 4 is 106 Å². The van der Waals surface area contributed by atoms with E-state index in [1.165, 1.54) is 64.0 Å². The van der Waals surface area contributed by atoms with Gasteiger partial charge < -0.3 is 103 Å². The Labute approximate surface area is 531 Å². The maximum Gasteiger partial charge on any atom is 0.676 e. The lowest BCUT2D eigenvalue weighted by Crippen LogP contribution is -2.42. The van der Waals surface area contributed by atoms with E-state index in [0.717, 1.165) is 48.5 Å². The Bertz CT molecular complexity index is 961. The van der Waals surface area contributed by atoms with E-state index in [9.17, 15) is 0 Å². The van der Waals surface area contributed by atoms with Crippen molar-refractivity contribution in [2.24, 2.45) is 0 Å². The van der Waals surface area contributed by atoms with E-state index >= 15 is 0 Å². The van der Waals surface area contributed by atoms with Crippen molar-refractivity contribution in [1.82, 2.24) is 0 Å². The monoisotopic (exact) mass is 1420 g/mol. The third-order valence-electron chi connectivity index (χ3n) is 8.28. The van der Waals surface area contributed by atoms with Gasteiger partial charge in [0.1, 0.15) is 0 Å². The first-order chi connectivity index (χ1) is 39.3. The average molecular weight is 1420 g/mol. The molecule has 0 aromatic heterocycles. The third kappa shape index (κ3) is 91.8. The summed E-state index contributed by atoms with van der Waals surface area (Å²) < 4.78 is 131. The van der Waals surface area contributed by atoms with Crippen LogP contribution in [0.2, 0.25) is 30.7 Å². The molecular weight excluding hydrogens is 1290 g/mol. The van der Waals surface area contributed by atoms with Crippen LogP contribution in [0.4, 0.5) is 0 Å². The molecule has 38 heteroatoms. The van der Waals surface area contributed by atoms with Crippen molar-refractivity contribution in [2.45, 2.75) is 154 Å². The smallest absolute Gasteiger partial charge is 0.398 e. The normalized spacial score (nSPS) is 9.81. The first-order valence-electron chi connectivity index (χ1n) is 26.7. The lowest BCUT2D eigenvalue weighted by molar-refractivity contribution is 0.0409. The van der Waals surface area contributed by atoms with E-state index in [1.807, 2.05) is 111 Å². The van der Waals surface area contributed by atoms with Crippen LogP contribution < -0.4 is 0 Å². The van der Waals surface area contributed by atoms with Gasteiger partial charge in [0.2, 0.25) is 0 Å². The third-order valence-corrected chi connectivity index (χ3v) is 24.8. The Hall–Kier alpha value is 0.932. The zero-order chi connectivity index (χ0) is 70.7. The van der Waals surface area contributed by atoms with E-state index in [4.69, 9.17) is 80.9 Å². The van der Waals surface area contributed by atoms with Crippen molar-refractivity contribution in [1.29, 1.82) is 0 Å². The van der Waals surface area contributed by atoms with Crippen LogP contribution in [0.3, 0.4) is 0 Å². The maximum absolute atomic E-state index is 8.91. The van der Waals surface area contributed by atoms with Crippen LogP contribution in [0.25, 0.3) is 0 Å². The summed E-state index contributed by atoms with van der Waals surface area (Å²) in [5.41, 5.74) is 0. The van der Waals surface area contributed by atoms with Gasteiger partial charge in [-0.3, -0.25) is 17.8 Å². The fraction of sp³-hybridized carbons (Fsp3) is 1.00. The Morgan fingerprint density at radius 1 is 0.289 bits per heavy atom. The molecule has 0 unspecified atom stereocenters. The molecule has 3 N–H and O–H groups in total. The molecule has 0 aromatic rings. The van der Waals surface area contributed by atoms with Gasteiger partial charge in [-0.15, -0.1) is 0 Å². The second kappa shape index (κ2) is 105. The van der Waals surface area contributed by atoms with Crippen molar-refractivity contribution in [3.05, 3.63) is 0 Å². The van der Waals surface area contributed by atoms with Crippen LogP contribution in [0.1, 0.15) is 124 Å². The first kappa shape index (κ1) is 125. The molecule has 0 bridgehead atoms. The highest BCUT2D eigenvalue weighted by Crippen LogP contribution is 2.16. The zero-order valence-electron chi connectivity index (χ0n) is 59.2. The molecule has 0 amide bonds. The van der Waals surface area contributed by atoms with Crippen molar-refractivity contribution in [3.63, 3.8) is 0 Å². The molecule has 27 nitrogen and oxygen atoms in total. The quantitative estimate of drug-likeness (QED) is 0.0361. The maximum atomic E-state index is 8.91. The number of thiol groups is 2. The highest BCUT2D eigenvalue weighted by molar-refractivity contribution is 7.80. The lowest BCUT2D eigenvalue weighted by atomic mass is 10.6. The molecule has 522 valence electrons. The fourth-order valence-corrected chi connectivity index (χ4v) is 11.9. The van der Waals surface area contributed by atoms with E-state index in [0.29, 0.717) is 0 Å². The highest BCUT2D eigenvalue weighted by atomic mass is 32.1. The van der Waals surface area contributed by atoms with E-state index in [-0.39, 0.29) is 0 Å². The lowest BCUT2D eigenvalue weighted by Gasteiger charge is -2.23. The Morgan fingerprint density at radius 2 is 0.434 bits per heavy atom. The van der Waals surface area contributed by atoms with Gasteiger partial charge in [0.25, 0.3) is 0 Å². The Balaban J connectivity index is -0.0000000428. The topological polar surface area (TPSA) is 314 Å². The zero-order valence-corrected chi connectivity index (χ0v) is 70.0.